The van der Waals surface area contributed by atoms with Crippen LogP contribution in [-0.4, -0.2) is 54.6 Å². The molecule has 0 aromatic carbocycles. The number of hydrogen-bond donors (Lipinski definition) is 4. The van der Waals surface area contributed by atoms with Gasteiger partial charge < -0.3 is 26.2 Å². The van der Waals surface area contributed by atoms with E-state index in [1.807, 2.05) is 0 Å². The van der Waals surface area contributed by atoms with Crippen molar-refractivity contribution in [2.75, 3.05) is 13.7 Å². The van der Waals surface area contributed by atoms with Crippen molar-refractivity contribution in [2.45, 2.75) is 44.7 Å². The standard InChI is InChI=1S/C13H23N3O6/c1-8(17)15-6-4-3-5-10(13(21)22-2)16-12(20)9(14)7-11(18)19/h9-10H,3-7,14H2,1-2H3,(H,15,17)(H,16,20)(H,18,19)/t9-,10-/m0/s1. The molecule has 0 bridgehead atoms. The molecule has 2 amide bonds. The fraction of sp³-hybridized carbons (Fsp3) is 0.692. The zero-order chi connectivity index (χ0) is 17.1. The number of unbranched alkanes of at least 4 members (excludes halogenated alkanes) is 1. The highest BCUT2D eigenvalue weighted by atomic mass is 16.5. The Bertz CT molecular complexity index is 413. The lowest BCUT2D eigenvalue weighted by Crippen LogP contribution is -2.49. The number of esters is 1. The number of carbonyl (C=O) groups excluding carboxylic acids is 3. The van der Waals surface area contributed by atoms with E-state index < -0.39 is 36.4 Å². The summed E-state index contributed by atoms with van der Waals surface area (Å²) >= 11 is 0. The van der Waals surface area contributed by atoms with Crippen LogP contribution >= 0.6 is 0 Å². The Morgan fingerprint density at radius 3 is 2.36 bits per heavy atom. The third kappa shape index (κ3) is 8.90. The Morgan fingerprint density at radius 2 is 1.86 bits per heavy atom. The first-order chi connectivity index (χ1) is 10.3. The van der Waals surface area contributed by atoms with Gasteiger partial charge in [0.05, 0.1) is 19.6 Å². The summed E-state index contributed by atoms with van der Waals surface area (Å²) < 4.78 is 4.59. The first-order valence-corrected chi connectivity index (χ1v) is 6.88. The molecule has 126 valence electrons. The second-order valence-electron chi connectivity index (χ2n) is 4.77. The number of rotatable bonds is 10. The normalized spacial score (nSPS) is 12.9. The summed E-state index contributed by atoms with van der Waals surface area (Å²) in [5.74, 6) is -2.69. The summed E-state index contributed by atoms with van der Waals surface area (Å²) in [4.78, 5) is 44.5. The highest BCUT2D eigenvalue weighted by molar-refractivity contribution is 5.89. The quantitative estimate of drug-likeness (QED) is 0.291. The van der Waals surface area contributed by atoms with Gasteiger partial charge in [-0.15, -0.1) is 0 Å². The monoisotopic (exact) mass is 317 g/mol. The van der Waals surface area contributed by atoms with Crippen LogP contribution in [0.1, 0.15) is 32.6 Å². The zero-order valence-corrected chi connectivity index (χ0v) is 12.8. The summed E-state index contributed by atoms with van der Waals surface area (Å²) in [6.45, 7) is 1.87. The van der Waals surface area contributed by atoms with Gasteiger partial charge in [-0.25, -0.2) is 4.79 Å². The van der Waals surface area contributed by atoms with Gasteiger partial charge in [0.25, 0.3) is 0 Å². The lowest BCUT2D eigenvalue weighted by atomic mass is 10.1. The van der Waals surface area contributed by atoms with Gasteiger partial charge in [-0.3, -0.25) is 14.4 Å². The van der Waals surface area contributed by atoms with Crippen molar-refractivity contribution >= 4 is 23.8 Å². The van der Waals surface area contributed by atoms with Gasteiger partial charge in [0.2, 0.25) is 11.8 Å². The predicted octanol–water partition coefficient (Wildman–Crippen LogP) is -1.25. The largest absolute Gasteiger partial charge is 0.481 e. The number of aliphatic carboxylic acids is 1. The molecule has 0 saturated heterocycles. The molecule has 0 saturated carbocycles. The van der Waals surface area contributed by atoms with Crippen LogP contribution in [0.4, 0.5) is 0 Å². The van der Waals surface area contributed by atoms with Crippen molar-refractivity contribution < 1.29 is 29.0 Å². The van der Waals surface area contributed by atoms with Crippen molar-refractivity contribution in [2.24, 2.45) is 5.73 Å². The molecule has 2 atom stereocenters. The number of amides is 2. The van der Waals surface area contributed by atoms with E-state index >= 15 is 0 Å². The van der Waals surface area contributed by atoms with E-state index in [0.717, 1.165) is 0 Å². The van der Waals surface area contributed by atoms with E-state index in [4.69, 9.17) is 10.8 Å². The van der Waals surface area contributed by atoms with E-state index in [2.05, 4.69) is 15.4 Å². The predicted molar refractivity (Wildman–Crippen MR) is 76.7 cm³/mol. The number of hydrogen-bond acceptors (Lipinski definition) is 6. The minimum absolute atomic E-state index is 0.141. The second kappa shape index (κ2) is 10.6. The van der Waals surface area contributed by atoms with Crippen LogP contribution in [0.3, 0.4) is 0 Å². The molecule has 0 fully saturated rings. The van der Waals surface area contributed by atoms with Crippen molar-refractivity contribution in [3.63, 3.8) is 0 Å². The van der Waals surface area contributed by atoms with Crippen LogP contribution < -0.4 is 16.4 Å². The fourth-order valence-electron chi connectivity index (χ4n) is 1.69. The van der Waals surface area contributed by atoms with Crippen molar-refractivity contribution in [3.8, 4) is 0 Å². The Hall–Kier alpha value is -2.16. The summed E-state index contributed by atoms with van der Waals surface area (Å²) in [6.07, 6.45) is 0.971. The Kier molecular flexibility index (Phi) is 9.51. The average molecular weight is 317 g/mol. The van der Waals surface area contributed by atoms with Gasteiger partial charge in [0, 0.05) is 13.5 Å². The lowest BCUT2D eigenvalue weighted by Gasteiger charge is -2.18. The first kappa shape index (κ1) is 19.8. The molecule has 0 aromatic heterocycles. The Labute approximate surface area is 128 Å². The molecule has 0 aromatic rings. The molecule has 0 radical (unpaired) electrons. The second-order valence-corrected chi connectivity index (χ2v) is 4.77. The zero-order valence-electron chi connectivity index (χ0n) is 12.8. The maximum Gasteiger partial charge on any atom is 0.328 e. The van der Waals surface area contributed by atoms with E-state index in [9.17, 15) is 19.2 Å². The molecular weight excluding hydrogens is 294 g/mol. The topological polar surface area (TPSA) is 148 Å². The molecule has 0 rings (SSSR count). The number of carboxylic acids is 1. The van der Waals surface area contributed by atoms with Crippen LogP contribution in [0, 0.1) is 0 Å². The third-order valence-electron chi connectivity index (χ3n) is 2.83. The molecule has 0 spiro atoms. The number of methoxy groups -OCH3 is 1. The summed E-state index contributed by atoms with van der Waals surface area (Å²) in [7, 11) is 1.19. The smallest absolute Gasteiger partial charge is 0.328 e. The third-order valence-corrected chi connectivity index (χ3v) is 2.83. The molecule has 0 aliphatic rings. The molecular formula is C13H23N3O6. The highest BCUT2D eigenvalue weighted by Gasteiger charge is 2.25. The average Bonchev–Trinajstić information content (AvgIpc) is 2.43. The number of carbonyl (C=O) groups is 4. The number of nitrogens with one attached hydrogen (secondary N) is 2. The molecule has 5 N–H and O–H groups in total. The van der Waals surface area contributed by atoms with Gasteiger partial charge in [0.15, 0.2) is 0 Å². The minimum Gasteiger partial charge on any atom is -0.481 e. The van der Waals surface area contributed by atoms with Gasteiger partial charge in [-0.2, -0.15) is 0 Å². The van der Waals surface area contributed by atoms with E-state index in [0.29, 0.717) is 25.8 Å². The van der Waals surface area contributed by atoms with Crippen molar-refractivity contribution in [3.05, 3.63) is 0 Å². The number of nitrogens with two attached hydrogens (primary N) is 1. The number of ether oxygens (including phenoxy) is 1. The van der Waals surface area contributed by atoms with Gasteiger partial charge >= 0.3 is 11.9 Å². The van der Waals surface area contributed by atoms with Crippen LogP contribution in [0.25, 0.3) is 0 Å². The molecule has 0 heterocycles. The Balaban J connectivity index is 4.34. The fourth-order valence-corrected chi connectivity index (χ4v) is 1.69. The molecule has 0 aliphatic heterocycles. The van der Waals surface area contributed by atoms with Crippen molar-refractivity contribution in [1.82, 2.24) is 10.6 Å². The minimum atomic E-state index is -1.23. The maximum atomic E-state index is 11.7. The Morgan fingerprint density at radius 1 is 1.23 bits per heavy atom. The van der Waals surface area contributed by atoms with E-state index in [1.165, 1.54) is 14.0 Å². The summed E-state index contributed by atoms with van der Waals surface area (Å²) in [5, 5.41) is 13.6. The molecule has 0 unspecified atom stereocenters. The van der Waals surface area contributed by atoms with E-state index in [1.54, 1.807) is 0 Å². The molecule has 0 aliphatic carbocycles. The van der Waals surface area contributed by atoms with Crippen LogP contribution in [0.2, 0.25) is 0 Å². The van der Waals surface area contributed by atoms with Gasteiger partial charge in [-0.05, 0) is 19.3 Å². The summed E-state index contributed by atoms with van der Waals surface area (Å²) in [6, 6.07) is -2.13. The van der Waals surface area contributed by atoms with Gasteiger partial charge in [0.1, 0.15) is 6.04 Å². The molecule has 9 heteroatoms. The highest BCUT2D eigenvalue weighted by Crippen LogP contribution is 2.03. The number of carboxylic acid groups (broad SMARTS) is 1. The molecule has 9 nitrogen and oxygen atoms in total. The maximum absolute atomic E-state index is 11.7. The van der Waals surface area contributed by atoms with Gasteiger partial charge in [-0.1, -0.05) is 0 Å². The molecule has 22 heavy (non-hydrogen) atoms. The summed E-state index contributed by atoms with van der Waals surface area (Å²) in [5.41, 5.74) is 5.43. The van der Waals surface area contributed by atoms with Crippen LogP contribution in [0.15, 0.2) is 0 Å². The SMILES string of the molecule is COC(=O)[C@H](CCCCNC(C)=O)NC(=O)[C@@H](N)CC(=O)O. The van der Waals surface area contributed by atoms with E-state index in [-0.39, 0.29) is 5.91 Å². The van der Waals surface area contributed by atoms with Crippen LogP contribution in [0.5, 0.6) is 0 Å². The van der Waals surface area contributed by atoms with Crippen LogP contribution in [-0.2, 0) is 23.9 Å². The van der Waals surface area contributed by atoms with Crippen molar-refractivity contribution in [1.29, 1.82) is 0 Å². The lowest BCUT2D eigenvalue weighted by molar-refractivity contribution is -0.145. The first-order valence-electron chi connectivity index (χ1n) is 6.88.